The maximum Gasteiger partial charge on any atom is 0.311 e. The molecule has 0 aliphatic rings. The Morgan fingerprint density at radius 3 is 2.80 bits per heavy atom. The summed E-state index contributed by atoms with van der Waals surface area (Å²) in [6, 6.07) is 4.15. The number of hydrogen-bond acceptors (Lipinski definition) is 5. The zero-order valence-electron chi connectivity index (χ0n) is 10.8. The highest BCUT2D eigenvalue weighted by Crippen LogP contribution is 2.31. The van der Waals surface area contributed by atoms with Crippen molar-refractivity contribution in [2.75, 3.05) is 12.4 Å². The molecule has 1 heterocycles. The molecule has 104 valence electrons. The van der Waals surface area contributed by atoms with Gasteiger partial charge in [0, 0.05) is 11.6 Å². The van der Waals surface area contributed by atoms with Gasteiger partial charge in [0.1, 0.15) is 5.82 Å². The average molecular weight is 276 g/mol. The lowest BCUT2D eigenvalue weighted by atomic mass is 10.1. The van der Waals surface area contributed by atoms with Crippen molar-refractivity contribution < 1.29 is 14.5 Å². The minimum atomic E-state index is -0.600. The fourth-order valence-corrected chi connectivity index (χ4v) is 1.72. The summed E-state index contributed by atoms with van der Waals surface area (Å²) < 4.78 is 4.98. The van der Waals surface area contributed by atoms with E-state index in [0.717, 1.165) is 5.56 Å². The third-order valence-corrected chi connectivity index (χ3v) is 2.71. The van der Waals surface area contributed by atoms with Gasteiger partial charge in [-0.3, -0.25) is 20.0 Å². The highest BCUT2D eigenvalue weighted by molar-refractivity contribution is 6.06. The van der Waals surface area contributed by atoms with Gasteiger partial charge in [-0.25, -0.2) is 0 Å². The summed E-state index contributed by atoms with van der Waals surface area (Å²) in [4.78, 5) is 22.5. The predicted molar refractivity (Wildman–Crippen MR) is 70.9 cm³/mol. The van der Waals surface area contributed by atoms with Crippen LogP contribution in [0.5, 0.6) is 5.75 Å². The van der Waals surface area contributed by atoms with Gasteiger partial charge in [0.25, 0.3) is 5.91 Å². The molecule has 1 amide bonds. The first-order chi connectivity index (χ1) is 9.54. The fraction of sp³-hybridized carbons (Fsp3) is 0.167. The lowest BCUT2D eigenvalue weighted by Gasteiger charge is -2.08. The van der Waals surface area contributed by atoms with Crippen molar-refractivity contribution in [1.82, 2.24) is 10.2 Å². The third-order valence-electron chi connectivity index (χ3n) is 2.71. The van der Waals surface area contributed by atoms with Gasteiger partial charge >= 0.3 is 5.69 Å². The van der Waals surface area contributed by atoms with Crippen molar-refractivity contribution in [3.05, 3.63) is 45.6 Å². The number of aromatic amines is 1. The molecule has 8 nitrogen and oxygen atoms in total. The number of nitrogens with one attached hydrogen (secondary N) is 2. The standard InChI is InChI=1S/C12H12N4O4/c1-7-6-13-15-11(7)14-12(17)8-4-3-5-9(16(18)19)10(8)20-2/h3-6H,1-2H3,(H2,13,14,15,17). The van der Waals surface area contributed by atoms with Gasteiger partial charge < -0.3 is 10.1 Å². The van der Waals surface area contributed by atoms with Gasteiger partial charge in [0.2, 0.25) is 5.75 Å². The van der Waals surface area contributed by atoms with E-state index >= 15 is 0 Å². The predicted octanol–water partition coefficient (Wildman–Crippen LogP) is 1.89. The van der Waals surface area contributed by atoms with Crippen LogP contribution in [0, 0.1) is 17.0 Å². The molecular formula is C12H12N4O4. The minimum absolute atomic E-state index is 0.0767. The number of aryl methyl sites for hydroxylation is 1. The second-order valence-electron chi connectivity index (χ2n) is 4.00. The van der Waals surface area contributed by atoms with Crippen LogP contribution in [0.2, 0.25) is 0 Å². The number of rotatable bonds is 4. The van der Waals surface area contributed by atoms with Crippen LogP contribution in [-0.2, 0) is 0 Å². The van der Waals surface area contributed by atoms with E-state index in [9.17, 15) is 14.9 Å². The number of amides is 1. The molecule has 0 aliphatic carbocycles. The number of nitro groups is 1. The minimum Gasteiger partial charge on any atom is -0.490 e. The Labute approximate surface area is 113 Å². The monoisotopic (exact) mass is 276 g/mol. The molecule has 0 atom stereocenters. The Bertz CT molecular complexity index is 665. The molecule has 1 aromatic heterocycles. The highest BCUT2D eigenvalue weighted by Gasteiger charge is 2.22. The molecular weight excluding hydrogens is 264 g/mol. The van der Waals surface area contributed by atoms with E-state index in [1.165, 1.54) is 25.3 Å². The number of carbonyl (C=O) groups is 1. The Kier molecular flexibility index (Phi) is 3.65. The molecule has 0 spiro atoms. The zero-order valence-corrected chi connectivity index (χ0v) is 10.8. The van der Waals surface area contributed by atoms with E-state index < -0.39 is 10.8 Å². The first kappa shape index (κ1) is 13.5. The number of anilines is 1. The normalized spacial score (nSPS) is 10.1. The molecule has 2 aromatic rings. The number of carbonyl (C=O) groups excluding carboxylic acids is 1. The van der Waals surface area contributed by atoms with E-state index in [1.807, 2.05) is 0 Å². The highest BCUT2D eigenvalue weighted by atomic mass is 16.6. The van der Waals surface area contributed by atoms with E-state index in [-0.39, 0.29) is 17.0 Å². The number of benzene rings is 1. The number of hydrogen-bond donors (Lipinski definition) is 2. The fourth-order valence-electron chi connectivity index (χ4n) is 1.72. The van der Waals surface area contributed by atoms with Crippen LogP contribution < -0.4 is 10.1 Å². The number of nitrogens with zero attached hydrogens (tertiary/aromatic N) is 2. The van der Waals surface area contributed by atoms with Crippen molar-refractivity contribution in [2.45, 2.75) is 6.92 Å². The molecule has 0 saturated carbocycles. The van der Waals surface area contributed by atoms with E-state index in [1.54, 1.807) is 13.1 Å². The first-order valence-corrected chi connectivity index (χ1v) is 5.67. The molecule has 0 fully saturated rings. The van der Waals surface area contributed by atoms with Crippen molar-refractivity contribution in [2.24, 2.45) is 0 Å². The number of para-hydroxylation sites is 1. The average Bonchev–Trinajstić information content (AvgIpc) is 2.83. The summed E-state index contributed by atoms with van der Waals surface area (Å²) in [6.45, 7) is 1.77. The van der Waals surface area contributed by atoms with Crippen LogP contribution in [0.1, 0.15) is 15.9 Å². The van der Waals surface area contributed by atoms with Gasteiger partial charge in [-0.15, -0.1) is 0 Å². The van der Waals surface area contributed by atoms with Crippen LogP contribution >= 0.6 is 0 Å². The summed E-state index contributed by atoms with van der Waals surface area (Å²) in [5.41, 5.74) is 0.569. The topological polar surface area (TPSA) is 110 Å². The molecule has 0 aliphatic heterocycles. The maximum atomic E-state index is 12.2. The molecule has 2 N–H and O–H groups in total. The largest absolute Gasteiger partial charge is 0.490 e. The molecule has 1 aromatic carbocycles. The van der Waals surface area contributed by atoms with Crippen molar-refractivity contribution in [3.8, 4) is 5.75 Å². The summed E-state index contributed by atoms with van der Waals surface area (Å²) in [6.07, 6.45) is 1.56. The van der Waals surface area contributed by atoms with Gasteiger partial charge in [-0.2, -0.15) is 5.10 Å². The van der Waals surface area contributed by atoms with Crippen LogP contribution in [0.15, 0.2) is 24.4 Å². The van der Waals surface area contributed by atoms with Crippen LogP contribution in [0.3, 0.4) is 0 Å². The van der Waals surface area contributed by atoms with Crippen molar-refractivity contribution in [1.29, 1.82) is 0 Å². The van der Waals surface area contributed by atoms with Gasteiger partial charge in [-0.05, 0) is 13.0 Å². The van der Waals surface area contributed by atoms with E-state index in [4.69, 9.17) is 4.74 Å². The number of ether oxygens (including phenoxy) is 1. The van der Waals surface area contributed by atoms with Crippen LogP contribution in [0.4, 0.5) is 11.5 Å². The Morgan fingerprint density at radius 1 is 1.50 bits per heavy atom. The quantitative estimate of drug-likeness (QED) is 0.654. The lowest BCUT2D eigenvalue weighted by molar-refractivity contribution is -0.385. The van der Waals surface area contributed by atoms with Gasteiger partial charge in [0.15, 0.2) is 0 Å². The Balaban J connectivity index is 2.37. The molecule has 8 heteroatoms. The van der Waals surface area contributed by atoms with E-state index in [2.05, 4.69) is 15.5 Å². The second-order valence-corrected chi connectivity index (χ2v) is 4.00. The maximum absolute atomic E-state index is 12.2. The summed E-state index contributed by atoms with van der Waals surface area (Å²) in [7, 11) is 1.28. The first-order valence-electron chi connectivity index (χ1n) is 5.67. The summed E-state index contributed by atoms with van der Waals surface area (Å²) >= 11 is 0. The molecule has 2 rings (SSSR count). The van der Waals surface area contributed by atoms with Crippen molar-refractivity contribution >= 4 is 17.4 Å². The number of methoxy groups -OCH3 is 1. The summed E-state index contributed by atoms with van der Waals surface area (Å²) in [5.74, 6) is -0.159. The zero-order chi connectivity index (χ0) is 14.7. The molecule has 0 unspecified atom stereocenters. The summed E-state index contributed by atoms with van der Waals surface area (Å²) in [5, 5.41) is 19.9. The van der Waals surface area contributed by atoms with Crippen molar-refractivity contribution in [3.63, 3.8) is 0 Å². The molecule has 0 saturated heterocycles. The van der Waals surface area contributed by atoms with Gasteiger partial charge in [0.05, 0.1) is 23.8 Å². The van der Waals surface area contributed by atoms with Crippen LogP contribution in [0.25, 0.3) is 0 Å². The van der Waals surface area contributed by atoms with Crippen LogP contribution in [-0.4, -0.2) is 28.1 Å². The number of aromatic nitrogens is 2. The Morgan fingerprint density at radius 2 is 2.25 bits per heavy atom. The van der Waals surface area contributed by atoms with E-state index in [0.29, 0.717) is 5.82 Å². The number of H-pyrrole nitrogens is 1. The molecule has 0 radical (unpaired) electrons. The molecule has 20 heavy (non-hydrogen) atoms. The Hall–Kier alpha value is -2.90. The molecule has 0 bridgehead atoms. The lowest BCUT2D eigenvalue weighted by Crippen LogP contribution is -2.14. The third kappa shape index (κ3) is 2.44. The second kappa shape index (κ2) is 5.39. The SMILES string of the molecule is COc1c(C(=O)Nc2[nH]ncc2C)cccc1[N+](=O)[O-]. The smallest absolute Gasteiger partial charge is 0.311 e. The van der Waals surface area contributed by atoms with Gasteiger partial charge in [-0.1, -0.05) is 6.07 Å². The number of nitro benzene ring substituents is 1.